The Labute approximate surface area is 190 Å². The number of ether oxygens (including phenoxy) is 2. The highest BCUT2D eigenvalue weighted by Crippen LogP contribution is 2.45. The SMILES string of the molecule is COc1ccc(CCN2CCN(c3ccccc3)CC2)c2c1OCc1ccccc1-2.Cl. The van der Waals surface area contributed by atoms with Crippen LogP contribution in [0.1, 0.15) is 11.1 Å². The lowest BCUT2D eigenvalue weighted by molar-refractivity contribution is 0.260. The van der Waals surface area contributed by atoms with Crippen molar-refractivity contribution in [3.8, 4) is 22.6 Å². The largest absolute Gasteiger partial charge is 0.493 e. The zero-order chi connectivity index (χ0) is 20.3. The third kappa shape index (κ3) is 4.36. The van der Waals surface area contributed by atoms with Crippen LogP contribution in [-0.4, -0.2) is 44.7 Å². The maximum atomic E-state index is 6.12. The first-order valence-electron chi connectivity index (χ1n) is 10.8. The van der Waals surface area contributed by atoms with E-state index in [2.05, 4.69) is 76.5 Å². The van der Waals surface area contributed by atoms with E-state index in [0.717, 1.165) is 50.6 Å². The standard InChI is InChI=1S/C26H28N2O2.ClH/c1-29-24-12-11-20(25-23-10-6-5-7-21(23)19-30-26(24)25)13-14-27-15-17-28(18-16-27)22-8-3-2-4-9-22;/h2-12H,13-19H2,1H3;1H. The Morgan fingerprint density at radius 2 is 1.61 bits per heavy atom. The van der Waals surface area contributed by atoms with Crippen LogP contribution in [0, 0.1) is 0 Å². The number of hydrogen-bond donors (Lipinski definition) is 0. The Balaban J connectivity index is 0.00000231. The zero-order valence-electron chi connectivity index (χ0n) is 17.9. The number of rotatable bonds is 5. The Morgan fingerprint density at radius 3 is 2.39 bits per heavy atom. The minimum atomic E-state index is 0. The molecule has 0 N–H and O–H groups in total. The summed E-state index contributed by atoms with van der Waals surface area (Å²) in [5.74, 6) is 1.71. The zero-order valence-corrected chi connectivity index (χ0v) is 18.7. The van der Waals surface area contributed by atoms with Gasteiger partial charge >= 0.3 is 0 Å². The molecular weight excluding hydrogens is 408 g/mol. The fraction of sp³-hybridized carbons (Fsp3) is 0.308. The van der Waals surface area contributed by atoms with E-state index in [9.17, 15) is 0 Å². The summed E-state index contributed by atoms with van der Waals surface area (Å²) in [5, 5.41) is 0. The molecule has 1 saturated heterocycles. The van der Waals surface area contributed by atoms with Crippen molar-refractivity contribution in [3.63, 3.8) is 0 Å². The van der Waals surface area contributed by atoms with Crippen LogP contribution in [0.15, 0.2) is 66.7 Å². The minimum Gasteiger partial charge on any atom is -0.493 e. The van der Waals surface area contributed by atoms with Gasteiger partial charge in [0, 0.05) is 44.0 Å². The van der Waals surface area contributed by atoms with E-state index >= 15 is 0 Å². The van der Waals surface area contributed by atoms with Gasteiger partial charge < -0.3 is 14.4 Å². The second kappa shape index (κ2) is 9.63. The van der Waals surface area contributed by atoms with Crippen LogP contribution >= 0.6 is 12.4 Å². The third-order valence-corrected chi connectivity index (χ3v) is 6.28. The van der Waals surface area contributed by atoms with E-state index in [-0.39, 0.29) is 12.4 Å². The van der Waals surface area contributed by atoms with Gasteiger partial charge in [-0.15, -0.1) is 12.4 Å². The molecule has 1 fully saturated rings. The van der Waals surface area contributed by atoms with E-state index in [0.29, 0.717) is 6.61 Å². The fourth-order valence-corrected chi connectivity index (χ4v) is 4.60. The van der Waals surface area contributed by atoms with Gasteiger partial charge in [-0.1, -0.05) is 48.5 Å². The van der Waals surface area contributed by atoms with Crippen LogP contribution < -0.4 is 14.4 Å². The second-order valence-corrected chi connectivity index (χ2v) is 7.99. The van der Waals surface area contributed by atoms with Crippen molar-refractivity contribution in [1.82, 2.24) is 4.90 Å². The molecule has 5 heteroatoms. The molecule has 2 aliphatic heterocycles. The summed E-state index contributed by atoms with van der Waals surface area (Å²) in [7, 11) is 1.71. The summed E-state index contributed by atoms with van der Waals surface area (Å²) < 4.78 is 11.7. The van der Waals surface area contributed by atoms with E-state index in [1.165, 1.54) is 27.9 Å². The summed E-state index contributed by atoms with van der Waals surface area (Å²) in [6.07, 6.45) is 1.01. The molecule has 0 unspecified atom stereocenters. The molecular formula is C26H29ClN2O2. The van der Waals surface area contributed by atoms with Crippen LogP contribution in [0.25, 0.3) is 11.1 Å². The van der Waals surface area contributed by atoms with Gasteiger partial charge in [-0.05, 0) is 41.3 Å². The van der Waals surface area contributed by atoms with Gasteiger partial charge in [0.2, 0.25) is 0 Å². The van der Waals surface area contributed by atoms with E-state index in [1.807, 2.05) is 0 Å². The van der Waals surface area contributed by atoms with Gasteiger partial charge in [0.25, 0.3) is 0 Å². The molecule has 0 spiro atoms. The van der Waals surface area contributed by atoms with E-state index < -0.39 is 0 Å². The number of hydrogen-bond acceptors (Lipinski definition) is 4. The maximum Gasteiger partial charge on any atom is 0.169 e. The number of methoxy groups -OCH3 is 1. The number of benzene rings is 3. The third-order valence-electron chi connectivity index (χ3n) is 6.28. The molecule has 2 heterocycles. The molecule has 0 saturated carbocycles. The molecule has 0 atom stereocenters. The smallest absolute Gasteiger partial charge is 0.169 e. The summed E-state index contributed by atoms with van der Waals surface area (Å²) in [6.45, 7) is 6.02. The van der Waals surface area contributed by atoms with Crippen molar-refractivity contribution in [2.45, 2.75) is 13.0 Å². The highest BCUT2D eigenvalue weighted by molar-refractivity contribution is 5.85. The predicted molar refractivity (Wildman–Crippen MR) is 129 cm³/mol. The van der Waals surface area contributed by atoms with Crippen LogP contribution in [-0.2, 0) is 13.0 Å². The Morgan fingerprint density at radius 1 is 0.871 bits per heavy atom. The molecule has 162 valence electrons. The molecule has 31 heavy (non-hydrogen) atoms. The number of halogens is 1. The van der Waals surface area contributed by atoms with Crippen LogP contribution in [0.5, 0.6) is 11.5 Å². The molecule has 0 aromatic heterocycles. The number of anilines is 1. The topological polar surface area (TPSA) is 24.9 Å². The second-order valence-electron chi connectivity index (χ2n) is 7.99. The van der Waals surface area contributed by atoms with Crippen LogP contribution in [0.4, 0.5) is 5.69 Å². The number of fused-ring (bicyclic) bond motifs is 3. The quantitative estimate of drug-likeness (QED) is 0.559. The lowest BCUT2D eigenvalue weighted by atomic mass is 9.91. The van der Waals surface area contributed by atoms with Crippen molar-refractivity contribution in [3.05, 3.63) is 77.9 Å². The van der Waals surface area contributed by atoms with Crippen molar-refractivity contribution < 1.29 is 9.47 Å². The molecule has 2 aliphatic rings. The first-order chi connectivity index (χ1) is 14.8. The average molecular weight is 437 g/mol. The lowest BCUT2D eigenvalue weighted by Crippen LogP contribution is -2.47. The predicted octanol–water partition coefficient (Wildman–Crippen LogP) is 5.04. The van der Waals surface area contributed by atoms with Gasteiger partial charge in [0.05, 0.1) is 7.11 Å². The minimum absolute atomic E-state index is 0. The number of nitrogens with zero attached hydrogens (tertiary/aromatic N) is 2. The molecule has 0 amide bonds. The maximum absolute atomic E-state index is 6.12. The molecule has 3 aromatic rings. The van der Waals surface area contributed by atoms with Gasteiger partial charge in [0.1, 0.15) is 6.61 Å². The molecule has 0 bridgehead atoms. The summed E-state index contributed by atoms with van der Waals surface area (Å²) in [6, 6.07) is 23.5. The normalized spacial score (nSPS) is 15.3. The van der Waals surface area contributed by atoms with Gasteiger partial charge in [-0.25, -0.2) is 0 Å². The van der Waals surface area contributed by atoms with Crippen LogP contribution in [0.2, 0.25) is 0 Å². The highest BCUT2D eigenvalue weighted by atomic mass is 35.5. The van der Waals surface area contributed by atoms with Gasteiger partial charge in [-0.3, -0.25) is 4.90 Å². The van der Waals surface area contributed by atoms with Crippen molar-refractivity contribution in [1.29, 1.82) is 0 Å². The van der Waals surface area contributed by atoms with Crippen molar-refractivity contribution in [2.24, 2.45) is 0 Å². The summed E-state index contributed by atoms with van der Waals surface area (Å²) >= 11 is 0. The van der Waals surface area contributed by atoms with Gasteiger partial charge in [-0.2, -0.15) is 0 Å². The Bertz CT molecular complexity index is 1020. The molecule has 5 rings (SSSR count). The summed E-state index contributed by atoms with van der Waals surface area (Å²) in [5.41, 5.74) is 6.40. The van der Waals surface area contributed by atoms with E-state index in [1.54, 1.807) is 7.11 Å². The van der Waals surface area contributed by atoms with E-state index in [4.69, 9.17) is 9.47 Å². The summed E-state index contributed by atoms with van der Waals surface area (Å²) in [4.78, 5) is 5.06. The highest BCUT2D eigenvalue weighted by Gasteiger charge is 2.24. The first kappa shape index (κ1) is 21.5. The molecule has 4 nitrogen and oxygen atoms in total. The lowest BCUT2D eigenvalue weighted by Gasteiger charge is -2.36. The molecule has 3 aromatic carbocycles. The monoisotopic (exact) mass is 436 g/mol. The number of para-hydroxylation sites is 1. The van der Waals surface area contributed by atoms with Crippen LogP contribution in [0.3, 0.4) is 0 Å². The van der Waals surface area contributed by atoms with Crippen molar-refractivity contribution in [2.75, 3.05) is 44.7 Å². The first-order valence-corrected chi connectivity index (χ1v) is 10.8. The Kier molecular flexibility index (Phi) is 6.69. The Hall–Kier alpha value is -2.69. The number of piperazine rings is 1. The molecule has 0 radical (unpaired) electrons. The fourth-order valence-electron chi connectivity index (χ4n) is 4.60. The van der Waals surface area contributed by atoms with Crippen molar-refractivity contribution >= 4 is 18.1 Å². The van der Waals surface area contributed by atoms with Gasteiger partial charge in [0.15, 0.2) is 11.5 Å². The average Bonchev–Trinajstić information content (AvgIpc) is 2.83. The molecule has 0 aliphatic carbocycles.